The van der Waals surface area contributed by atoms with Crippen LogP contribution in [0.1, 0.15) is 220 Å². The van der Waals surface area contributed by atoms with E-state index in [4.69, 9.17) is 14.2 Å². The molecule has 0 aromatic carbocycles. The molecule has 0 aromatic rings. The minimum absolute atomic E-state index is 0.107. The highest BCUT2D eigenvalue weighted by molar-refractivity contribution is 5.71. The topological polar surface area (TPSA) is 78.9 Å². The molecule has 0 saturated heterocycles. The molecule has 0 radical (unpaired) electrons. The summed E-state index contributed by atoms with van der Waals surface area (Å²) in [6.07, 6.45) is 57.5. The Morgan fingerprint density at radius 2 is 0.707 bits per heavy atom. The Hall–Kier alpha value is -3.15. The third-order valence-corrected chi connectivity index (χ3v) is 10.1. The van der Waals surface area contributed by atoms with Crippen molar-refractivity contribution < 1.29 is 28.6 Å². The average Bonchev–Trinajstić information content (AvgIpc) is 3.22. The lowest BCUT2D eigenvalue weighted by Crippen LogP contribution is -2.30. The quantitative estimate of drug-likeness (QED) is 0.0201. The molecule has 0 aliphatic rings. The lowest BCUT2D eigenvalue weighted by Gasteiger charge is -2.18. The number of carbonyl (C=O) groups is 3. The lowest BCUT2D eigenvalue weighted by molar-refractivity contribution is -0.167. The van der Waals surface area contributed by atoms with Crippen LogP contribution in [0.3, 0.4) is 0 Å². The molecule has 0 rings (SSSR count). The van der Waals surface area contributed by atoms with Gasteiger partial charge in [-0.05, 0) is 57.8 Å². The van der Waals surface area contributed by atoms with Gasteiger partial charge in [0.1, 0.15) is 13.2 Å². The van der Waals surface area contributed by atoms with E-state index >= 15 is 0 Å². The summed E-state index contributed by atoms with van der Waals surface area (Å²) in [7, 11) is 0. The first kappa shape index (κ1) is 54.9. The fourth-order valence-electron chi connectivity index (χ4n) is 6.47. The molecule has 0 N–H and O–H groups in total. The van der Waals surface area contributed by atoms with E-state index in [2.05, 4.69) is 39.0 Å². The average molecular weight is 809 g/mol. The molecular weight excluding hydrogens is 721 g/mol. The molecule has 0 aromatic heterocycles. The maximum Gasteiger partial charge on any atom is 0.306 e. The molecule has 0 amide bonds. The van der Waals surface area contributed by atoms with Crippen molar-refractivity contribution in [2.24, 2.45) is 0 Å². The summed E-state index contributed by atoms with van der Waals surface area (Å²) in [4.78, 5) is 37.8. The molecule has 0 heterocycles. The van der Waals surface area contributed by atoms with Crippen LogP contribution < -0.4 is 0 Å². The van der Waals surface area contributed by atoms with Crippen molar-refractivity contribution in [3.05, 3.63) is 72.9 Å². The first-order valence-electron chi connectivity index (χ1n) is 24.0. The molecule has 0 aliphatic heterocycles. The zero-order valence-corrected chi connectivity index (χ0v) is 37.8. The molecule has 0 spiro atoms. The summed E-state index contributed by atoms with van der Waals surface area (Å²) in [6, 6.07) is 0. The zero-order valence-electron chi connectivity index (χ0n) is 37.8. The Labute approximate surface area is 357 Å². The highest BCUT2D eigenvalue weighted by atomic mass is 16.6. The van der Waals surface area contributed by atoms with Crippen LogP contribution in [0, 0.1) is 0 Å². The maximum absolute atomic E-state index is 12.7. The van der Waals surface area contributed by atoms with Crippen molar-refractivity contribution in [2.75, 3.05) is 13.2 Å². The standard InChI is InChI=1S/C52H88O6/c1-4-7-10-13-16-19-22-25-28-30-33-36-39-42-45-51(54)57-48-49(58-52(55)46-43-40-37-34-31-27-24-21-18-15-12-9-6-3)47-56-50(53)44-41-38-35-32-29-26-23-20-17-14-11-8-5-2/h9,12,15,18,21,24,27-28,30-31,34,37,49H,4-8,10-11,13-14,16-17,19-20,22-23,25-26,29,32-33,35-36,38-48H2,1-3H3/b12-9-,18-15-,24-21-,30-28-,31-27-,37-34-. The third-order valence-electron chi connectivity index (χ3n) is 10.1. The molecule has 6 nitrogen and oxygen atoms in total. The molecular formula is C52H88O6. The van der Waals surface area contributed by atoms with Gasteiger partial charge in [0.25, 0.3) is 0 Å². The fraction of sp³-hybridized carbons (Fsp3) is 0.712. The molecule has 58 heavy (non-hydrogen) atoms. The predicted molar refractivity (Wildman–Crippen MR) is 247 cm³/mol. The van der Waals surface area contributed by atoms with E-state index < -0.39 is 6.10 Å². The zero-order chi connectivity index (χ0) is 42.3. The smallest absolute Gasteiger partial charge is 0.306 e. The highest BCUT2D eigenvalue weighted by Gasteiger charge is 2.19. The van der Waals surface area contributed by atoms with Crippen molar-refractivity contribution in [3.63, 3.8) is 0 Å². The van der Waals surface area contributed by atoms with Gasteiger partial charge in [-0.2, -0.15) is 0 Å². The van der Waals surface area contributed by atoms with Crippen molar-refractivity contribution in [1.82, 2.24) is 0 Å². The number of hydrogen-bond acceptors (Lipinski definition) is 6. The number of esters is 3. The van der Waals surface area contributed by atoms with Crippen LogP contribution in [-0.2, 0) is 28.6 Å². The van der Waals surface area contributed by atoms with E-state index in [-0.39, 0.29) is 37.5 Å². The van der Waals surface area contributed by atoms with Crippen molar-refractivity contribution in [1.29, 1.82) is 0 Å². The largest absolute Gasteiger partial charge is 0.462 e. The number of rotatable bonds is 42. The number of carbonyl (C=O) groups excluding carboxylic acids is 3. The van der Waals surface area contributed by atoms with Crippen LogP contribution in [0.2, 0.25) is 0 Å². The van der Waals surface area contributed by atoms with Gasteiger partial charge in [-0.25, -0.2) is 0 Å². The molecule has 332 valence electrons. The predicted octanol–water partition coefficient (Wildman–Crippen LogP) is 15.5. The Morgan fingerprint density at radius 3 is 1.16 bits per heavy atom. The molecule has 1 unspecified atom stereocenters. The van der Waals surface area contributed by atoms with Gasteiger partial charge in [0.2, 0.25) is 0 Å². The molecule has 6 heteroatoms. The van der Waals surface area contributed by atoms with E-state index in [0.29, 0.717) is 19.3 Å². The second kappa shape index (κ2) is 46.5. The molecule has 1 atom stereocenters. The first-order valence-corrected chi connectivity index (χ1v) is 24.0. The third kappa shape index (κ3) is 44.0. The van der Waals surface area contributed by atoms with E-state index in [1.807, 2.05) is 54.7 Å². The summed E-state index contributed by atoms with van der Waals surface area (Å²) in [5.74, 6) is -1.00. The van der Waals surface area contributed by atoms with Gasteiger partial charge in [0.05, 0.1) is 0 Å². The second-order valence-corrected chi connectivity index (χ2v) is 15.8. The number of ether oxygens (including phenoxy) is 3. The van der Waals surface area contributed by atoms with Crippen LogP contribution in [-0.4, -0.2) is 37.2 Å². The van der Waals surface area contributed by atoms with Crippen LogP contribution in [0.5, 0.6) is 0 Å². The fourth-order valence-corrected chi connectivity index (χ4v) is 6.47. The molecule has 0 bridgehead atoms. The second-order valence-electron chi connectivity index (χ2n) is 15.8. The minimum Gasteiger partial charge on any atom is -0.462 e. The molecule has 0 aliphatic carbocycles. The Bertz CT molecular complexity index is 1110. The van der Waals surface area contributed by atoms with E-state index in [1.165, 1.54) is 109 Å². The summed E-state index contributed by atoms with van der Waals surface area (Å²) in [5, 5.41) is 0. The monoisotopic (exact) mass is 809 g/mol. The Balaban J connectivity index is 4.50. The van der Waals surface area contributed by atoms with Gasteiger partial charge in [-0.15, -0.1) is 0 Å². The number of allylic oxidation sites excluding steroid dienone is 12. The van der Waals surface area contributed by atoms with Gasteiger partial charge in [-0.3, -0.25) is 14.4 Å². The number of unbranched alkanes of at least 4 members (excludes halogenated alkanes) is 23. The van der Waals surface area contributed by atoms with Crippen molar-refractivity contribution >= 4 is 17.9 Å². The SMILES string of the molecule is CC\C=C/C=C\C=C/C=C\C=C/CCCC(=O)OC(COC(=O)CCCCC/C=C\CCCCCCCCC)COC(=O)CCCCCCCCCCCCCCC. The Kier molecular flexibility index (Phi) is 44.0. The van der Waals surface area contributed by atoms with Crippen LogP contribution >= 0.6 is 0 Å². The first-order chi connectivity index (χ1) is 28.5. The molecule has 0 saturated carbocycles. The van der Waals surface area contributed by atoms with Gasteiger partial charge in [-0.1, -0.05) is 216 Å². The van der Waals surface area contributed by atoms with Crippen LogP contribution in [0.25, 0.3) is 0 Å². The molecule has 0 fully saturated rings. The summed E-state index contributed by atoms with van der Waals surface area (Å²) >= 11 is 0. The Morgan fingerprint density at radius 1 is 0.362 bits per heavy atom. The number of hydrogen-bond donors (Lipinski definition) is 0. The summed E-state index contributed by atoms with van der Waals surface area (Å²) in [5.41, 5.74) is 0. The highest BCUT2D eigenvalue weighted by Crippen LogP contribution is 2.14. The lowest BCUT2D eigenvalue weighted by atomic mass is 10.0. The summed E-state index contributed by atoms with van der Waals surface area (Å²) in [6.45, 7) is 6.40. The van der Waals surface area contributed by atoms with E-state index in [9.17, 15) is 14.4 Å². The van der Waals surface area contributed by atoms with Crippen molar-refractivity contribution in [2.45, 2.75) is 226 Å². The van der Waals surface area contributed by atoms with Gasteiger partial charge in [0.15, 0.2) is 6.10 Å². The van der Waals surface area contributed by atoms with Crippen molar-refractivity contribution in [3.8, 4) is 0 Å². The van der Waals surface area contributed by atoms with Gasteiger partial charge < -0.3 is 14.2 Å². The normalized spacial score (nSPS) is 12.7. The van der Waals surface area contributed by atoms with Gasteiger partial charge in [0, 0.05) is 19.3 Å². The van der Waals surface area contributed by atoms with Crippen LogP contribution in [0.4, 0.5) is 0 Å². The maximum atomic E-state index is 12.7. The minimum atomic E-state index is -0.815. The van der Waals surface area contributed by atoms with Crippen LogP contribution in [0.15, 0.2) is 72.9 Å². The van der Waals surface area contributed by atoms with Gasteiger partial charge >= 0.3 is 17.9 Å². The van der Waals surface area contributed by atoms with E-state index in [0.717, 1.165) is 64.2 Å². The van der Waals surface area contributed by atoms with E-state index in [1.54, 1.807) is 0 Å². The summed E-state index contributed by atoms with van der Waals surface area (Å²) < 4.78 is 16.7.